The Morgan fingerprint density at radius 1 is 0.385 bits per heavy atom. The van der Waals surface area contributed by atoms with Crippen molar-refractivity contribution < 1.29 is 38.1 Å². The zero-order chi connectivity index (χ0) is 64.9. The molecule has 0 radical (unpaired) electrons. The van der Waals surface area contributed by atoms with Crippen molar-refractivity contribution in [2.75, 3.05) is 86.0 Å². The third-order valence-corrected chi connectivity index (χ3v) is 17.7. The third kappa shape index (κ3) is 12.6. The lowest BCUT2D eigenvalue weighted by Gasteiger charge is -2.26. The van der Waals surface area contributed by atoms with Crippen LogP contribution in [0.1, 0.15) is 71.3 Å². The SMILES string of the molecule is COC(=O)c1n[nH]nc1-c1ccc2c(c1)Cc1cc(-c3cn[nH]n3)ccc1-2.O=C(OCCCN1CCOCC1)c1n[nH]nc1-c1ccc2c(c1)Cc1cc(-c3cn[nH]n3)ccc1-2.O=C(OCCN1CCOCC1)c1n[nH]nc1-c1ccc2c(c1)Cc1cc(-c3cn[nH]n3)ccc1-2. The molecule has 2 aliphatic heterocycles. The van der Waals surface area contributed by atoms with Gasteiger partial charge in [-0.15, -0.1) is 15.3 Å². The summed E-state index contributed by atoms with van der Waals surface area (Å²) in [5, 5.41) is 64.5. The summed E-state index contributed by atoms with van der Waals surface area (Å²) in [4.78, 5) is 41.8. The summed E-state index contributed by atoms with van der Waals surface area (Å²) in [6, 6.07) is 37.3. The Bertz CT molecular complexity index is 4780. The molecule has 482 valence electrons. The van der Waals surface area contributed by atoms with Gasteiger partial charge in [-0.05, 0) is 129 Å². The molecule has 17 rings (SSSR count). The first-order chi connectivity index (χ1) is 47.3. The normalized spacial score (nSPS) is 14.2. The number of aromatic nitrogens is 18. The number of rotatable bonds is 16. The number of methoxy groups -OCH3 is 1. The fourth-order valence-corrected chi connectivity index (χ4v) is 12.9. The van der Waals surface area contributed by atoms with E-state index in [2.05, 4.69) is 187 Å². The van der Waals surface area contributed by atoms with Crippen LogP contribution in [-0.2, 0) is 42.9 Å². The molecule has 0 saturated carbocycles. The third-order valence-electron chi connectivity index (χ3n) is 17.7. The molecule has 6 aromatic carbocycles. The fourth-order valence-electron chi connectivity index (χ4n) is 12.9. The predicted molar refractivity (Wildman–Crippen MR) is 347 cm³/mol. The molecule has 0 bridgehead atoms. The van der Waals surface area contributed by atoms with E-state index in [0.29, 0.717) is 50.1 Å². The minimum absolute atomic E-state index is 0.182. The second-order valence-electron chi connectivity index (χ2n) is 23.4. The van der Waals surface area contributed by atoms with Gasteiger partial charge >= 0.3 is 17.9 Å². The van der Waals surface area contributed by atoms with Crippen molar-refractivity contribution in [2.45, 2.75) is 25.7 Å². The second kappa shape index (κ2) is 27.2. The maximum atomic E-state index is 12.7. The molecule has 28 heteroatoms. The smallest absolute Gasteiger partial charge is 0.361 e. The van der Waals surface area contributed by atoms with E-state index in [4.69, 9.17) is 23.7 Å². The molecule has 12 aromatic rings. The number of H-pyrrole nitrogens is 6. The monoisotopic (exact) mass is 1290 g/mol. The summed E-state index contributed by atoms with van der Waals surface area (Å²) in [7, 11) is 1.33. The van der Waals surface area contributed by atoms with E-state index in [1.807, 2.05) is 24.3 Å². The second-order valence-corrected chi connectivity index (χ2v) is 23.4. The van der Waals surface area contributed by atoms with Gasteiger partial charge in [0.2, 0.25) is 0 Å². The molecule has 28 nitrogen and oxygen atoms in total. The van der Waals surface area contributed by atoms with Crippen molar-refractivity contribution in [3.63, 3.8) is 0 Å². The van der Waals surface area contributed by atoms with Gasteiger partial charge < -0.3 is 23.7 Å². The van der Waals surface area contributed by atoms with Crippen molar-refractivity contribution in [2.24, 2.45) is 0 Å². The number of hydrogen-bond donors (Lipinski definition) is 6. The van der Waals surface area contributed by atoms with Gasteiger partial charge in [0.05, 0.1) is 58.7 Å². The van der Waals surface area contributed by atoms with Gasteiger partial charge in [0.15, 0.2) is 17.1 Å². The van der Waals surface area contributed by atoms with Crippen LogP contribution >= 0.6 is 0 Å². The molecular formula is C68H62N20O8. The molecule has 0 unspecified atom stereocenters. The number of carbonyl (C=O) groups is 3. The maximum Gasteiger partial charge on any atom is 0.361 e. The summed E-state index contributed by atoms with van der Waals surface area (Å²) >= 11 is 0. The Morgan fingerprint density at radius 3 is 1.05 bits per heavy atom. The quantitative estimate of drug-likeness (QED) is 0.0307. The number of benzene rings is 6. The van der Waals surface area contributed by atoms with Crippen LogP contribution in [0.5, 0.6) is 0 Å². The molecule has 6 N–H and O–H groups in total. The van der Waals surface area contributed by atoms with Gasteiger partial charge in [0.25, 0.3) is 0 Å². The van der Waals surface area contributed by atoms with Crippen LogP contribution in [-0.4, -0.2) is 206 Å². The van der Waals surface area contributed by atoms with E-state index in [1.165, 1.54) is 73.9 Å². The zero-order valence-corrected chi connectivity index (χ0v) is 52.0. The molecule has 96 heavy (non-hydrogen) atoms. The number of morpholine rings is 2. The number of aromatic amines is 6. The minimum atomic E-state index is -0.514. The topological polar surface area (TPSA) is 353 Å². The van der Waals surface area contributed by atoms with Crippen molar-refractivity contribution in [3.05, 3.63) is 178 Å². The summed E-state index contributed by atoms with van der Waals surface area (Å²) in [6.45, 7) is 8.70. The number of fused-ring (bicyclic) bond motifs is 9. The van der Waals surface area contributed by atoms with Gasteiger partial charge in [0.1, 0.15) is 40.8 Å². The van der Waals surface area contributed by atoms with Gasteiger partial charge in [-0.25, -0.2) is 14.4 Å². The van der Waals surface area contributed by atoms with E-state index < -0.39 is 17.9 Å². The van der Waals surface area contributed by atoms with Crippen LogP contribution in [0.25, 0.3) is 101 Å². The lowest BCUT2D eigenvalue weighted by atomic mass is 10.0. The first-order valence-electron chi connectivity index (χ1n) is 31.4. The molecule has 0 spiro atoms. The van der Waals surface area contributed by atoms with Crippen LogP contribution in [0, 0.1) is 0 Å². The highest BCUT2D eigenvalue weighted by atomic mass is 16.5. The number of nitrogens with zero attached hydrogens (tertiary/aromatic N) is 14. The highest BCUT2D eigenvalue weighted by Crippen LogP contribution is 2.43. The Labute approximate surface area is 546 Å². The standard InChI is InChI=1S/C25H25N7O3.C24H23N7O3.C19H14N6O2/c33-25(35-9-1-6-32-7-10-34-11-8-32)24-23(28-31-29-24)17-3-5-21-19(13-17)14-18-12-16(2-4-20(18)21)22-15-26-30-27-22;32-24(34-10-7-31-5-8-33-9-6-31)23-22(27-30-28-23)16-2-4-20-18(12-16)13-17-11-15(1-3-19(17)20)21-14-25-29-26-21;1-27-19(26)18-17(22-25-23-18)11-3-5-15-13(7-11)8-12-6-10(2-4-14(12)15)16-9-20-24-21-16/h2-5,12-13,15H,1,6-11,14H2,(H,26,27,30)(H,28,29,31);1-4,11-12,14H,5-10,13H2,(H,25,26,29)(H,27,28,30);2-7,9H,8H2,1H3,(H,20,21,24)(H,22,23,25). The van der Waals surface area contributed by atoms with Crippen molar-refractivity contribution >= 4 is 17.9 Å². The van der Waals surface area contributed by atoms with Crippen LogP contribution in [0.3, 0.4) is 0 Å². The summed E-state index contributed by atoms with van der Waals surface area (Å²) in [6.07, 6.45) is 8.30. The minimum Gasteiger partial charge on any atom is -0.464 e. The average Bonchev–Trinajstić information content (AvgIpc) is 1.55. The Kier molecular flexibility index (Phi) is 17.2. The Morgan fingerprint density at radius 2 is 0.708 bits per heavy atom. The van der Waals surface area contributed by atoms with Gasteiger partial charge in [0, 0.05) is 72.6 Å². The molecule has 2 saturated heterocycles. The summed E-state index contributed by atoms with van der Waals surface area (Å²) in [5.74, 6) is -1.45. The number of esters is 3. The fraction of sp³-hybridized carbons (Fsp3) is 0.250. The lowest BCUT2D eigenvalue weighted by molar-refractivity contribution is 0.0193. The highest BCUT2D eigenvalue weighted by molar-refractivity contribution is 5.96. The zero-order valence-electron chi connectivity index (χ0n) is 52.0. The van der Waals surface area contributed by atoms with E-state index in [1.54, 1.807) is 18.6 Å². The number of ether oxygens (including phenoxy) is 5. The predicted octanol–water partition coefficient (Wildman–Crippen LogP) is 7.64. The Balaban J connectivity index is 0.000000119. The molecule has 0 amide bonds. The van der Waals surface area contributed by atoms with E-state index in [9.17, 15) is 14.4 Å². The lowest BCUT2D eigenvalue weighted by Crippen LogP contribution is -2.38. The molecule has 2 fully saturated rings. The summed E-state index contributed by atoms with van der Waals surface area (Å²) in [5.41, 5.74) is 24.5. The first kappa shape index (κ1) is 60.6. The molecule has 5 aliphatic rings. The van der Waals surface area contributed by atoms with E-state index in [-0.39, 0.29) is 17.1 Å². The average molecular weight is 1290 g/mol. The molecule has 6 aromatic heterocycles. The van der Waals surface area contributed by atoms with Gasteiger partial charge in [-0.2, -0.15) is 77.2 Å². The van der Waals surface area contributed by atoms with Crippen LogP contribution in [0.4, 0.5) is 0 Å². The first-order valence-corrected chi connectivity index (χ1v) is 31.4. The van der Waals surface area contributed by atoms with Crippen molar-refractivity contribution in [1.82, 2.24) is 102 Å². The van der Waals surface area contributed by atoms with Gasteiger partial charge in [-0.3, -0.25) is 9.80 Å². The molecule has 3 aliphatic carbocycles. The van der Waals surface area contributed by atoms with Crippen molar-refractivity contribution in [1.29, 1.82) is 0 Å². The maximum absolute atomic E-state index is 12.7. The molecule has 0 atom stereocenters. The molecule has 8 heterocycles. The van der Waals surface area contributed by atoms with Crippen LogP contribution < -0.4 is 0 Å². The Hall–Kier alpha value is -11.6. The van der Waals surface area contributed by atoms with Crippen LogP contribution in [0.15, 0.2) is 128 Å². The van der Waals surface area contributed by atoms with Gasteiger partial charge in [-0.1, -0.05) is 72.8 Å². The van der Waals surface area contributed by atoms with E-state index in [0.717, 1.165) is 122 Å². The number of carbonyl (C=O) groups excluding carboxylic acids is 3. The van der Waals surface area contributed by atoms with Crippen LogP contribution in [0.2, 0.25) is 0 Å². The summed E-state index contributed by atoms with van der Waals surface area (Å²) < 4.78 is 26.5. The number of hydrogen-bond acceptors (Lipinski definition) is 22. The molecular weight excluding hydrogens is 1220 g/mol. The highest BCUT2D eigenvalue weighted by Gasteiger charge is 2.28. The number of nitrogens with one attached hydrogen (secondary N) is 6. The van der Waals surface area contributed by atoms with E-state index >= 15 is 0 Å². The largest absolute Gasteiger partial charge is 0.464 e. The van der Waals surface area contributed by atoms with Crippen molar-refractivity contribution in [3.8, 4) is 101 Å².